The first-order valence-corrected chi connectivity index (χ1v) is 5.36. The number of hydrogen-bond donors (Lipinski definition) is 2. The Balaban J connectivity index is 2.16. The number of rotatable bonds is 3. The van der Waals surface area contributed by atoms with Crippen LogP contribution in [0.5, 0.6) is 0 Å². The van der Waals surface area contributed by atoms with Gasteiger partial charge in [0.1, 0.15) is 5.82 Å². The van der Waals surface area contributed by atoms with Crippen molar-refractivity contribution in [2.24, 2.45) is 0 Å². The second kappa shape index (κ2) is 4.29. The molecule has 2 unspecified atom stereocenters. The van der Waals surface area contributed by atoms with E-state index < -0.39 is 0 Å². The molecule has 2 nitrogen and oxygen atoms in total. The molecule has 0 aromatic heterocycles. The van der Waals surface area contributed by atoms with Crippen molar-refractivity contribution in [3.8, 4) is 0 Å². The van der Waals surface area contributed by atoms with Crippen molar-refractivity contribution in [2.45, 2.75) is 31.8 Å². The molecule has 0 aliphatic heterocycles. The van der Waals surface area contributed by atoms with Crippen LogP contribution < -0.4 is 5.32 Å². The van der Waals surface area contributed by atoms with Crippen LogP contribution in [0.25, 0.3) is 0 Å². The summed E-state index contributed by atoms with van der Waals surface area (Å²) in [5, 5.41) is 12.3. The van der Waals surface area contributed by atoms with Gasteiger partial charge in [0, 0.05) is 12.1 Å². The molecule has 1 aliphatic carbocycles. The number of hydrogen-bond acceptors (Lipinski definition) is 2. The molecule has 2 rings (SSSR count). The smallest absolute Gasteiger partial charge is 0.123 e. The Morgan fingerprint density at radius 3 is 3.13 bits per heavy atom. The molecule has 0 radical (unpaired) electrons. The van der Waals surface area contributed by atoms with Gasteiger partial charge >= 0.3 is 0 Å². The van der Waals surface area contributed by atoms with Crippen molar-refractivity contribution in [3.05, 3.63) is 35.1 Å². The summed E-state index contributed by atoms with van der Waals surface area (Å²) in [5.41, 5.74) is 2.27. The van der Waals surface area contributed by atoms with Crippen molar-refractivity contribution in [1.29, 1.82) is 0 Å². The zero-order valence-electron chi connectivity index (χ0n) is 8.83. The molecule has 3 heteroatoms. The lowest BCUT2D eigenvalue weighted by Gasteiger charge is -2.18. The molecule has 1 aromatic carbocycles. The van der Waals surface area contributed by atoms with Crippen molar-refractivity contribution >= 4 is 0 Å². The number of aliphatic hydroxyl groups excluding tert-OH is 1. The van der Waals surface area contributed by atoms with E-state index in [1.807, 2.05) is 13.0 Å². The molecular formula is C12H16FNO. The predicted molar refractivity (Wildman–Crippen MR) is 57.1 cm³/mol. The molecule has 82 valence electrons. The number of fused-ring (bicyclic) bond motifs is 1. The molecule has 0 saturated carbocycles. The van der Waals surface area contributed by atoms with Crippen molar-refractivity contribution in [2.75, 3.05) is 6.61 Å². The quantitative estimate of drug-likeness (QED) is 0.795. The monoisotopic (exact) mass is 209 g/mol. The van der Waals surface area contributed by atoms with Gasteiger partial charge in [-0.2, -0.15) is 0 Å². The number of halogens is 1. The van der Waals surface area contributed by atoms with Gasteiger partial charge in [0.2, 0.25) is 0 Å². The fraction of sp³-hybridized carbons (Fsp3) is 0.500. The topological polar surface area (TPSA) is 32.3 Å². The average molecular weight is 209 g/mol. The lowest BCUT2D eigenvalue weighted by atomic mass is 10.1. The maximum atomic E-state index is 13.1. The van der Waals surface area contributed by atoms with E-state index in [1.165, 1.54) is 11.6 Å². The Morgan fingerprint density at radius 2 is 2.40 bits per heavy atom. The van der Waals surface area contributed by atoms with Gasteiger partial charge < -0.3 is 10.4 Å². The third kappa shape index (κ3) is 2.19. The summed E-state index contributed by atoms with van der Waals surface area (Å²) >= 11 is 0. The Bertz CT molecular complexity index is 353. The molecule has 2 N–H and O–H groups in total. The SMILES string of the molecule is CC(CO)NC1CCc2ccc(F)cc21. The third-order valence-electron chi connectivity index (χ3n) is 2.95. The van der Waals surface area contributed by atoms with Crippen LogP contribution in [0.4, 0.5) is 4.39 Å². The number of aryl methyl sites for hydroxylation is 1. The summed E-state index contributed by atoms with van der Waals surface area (Å²) < 4.78 is 13.1. The lowest BCUT2D eigenvalue weighted by molar-refractivity contribution is 0.240. The molecule has 0 amide bonds. The number of nitrogens with one attached hydrogen (secondary N) is 1. The average Bonchev–Trinajstić information content (AvgIpc) is 2.61. The summed E-state index contributed by atoms with van der Waals surface area (Å²) in [5.74, 6) is -0.181. The molecule has 0 saturated heterocycles. The minimum absolute atomic E-state index is 0.0595. The minimum Gasteiger partial charge on any atom is -0.395 e. The van der Waals surface area contributed by atoms with E-state index in [9.17, 15) is 4.39 Å². The van der Waals surface area contributed by atoms with E-state index >= 15 is 0 Å². The van der Waals surface area contributed by atoms with E-state index in [-0.39, 0.29) is 24.5 Å². The van der Waals surface area contributed by atoms with Crippen molar-refractivity contribution in [1.82, 2.24) is 5.32 Å². The van der Waals surface area contributed by atoms with Gasteiger partial charge in [0.15, 0.2) is 0 Å². The Kier molecular flexibility index (Phi) is 3.03. The summed E-state index contributed by atoms with van der Waals surface area (Å²) in [6.07, 6.45) is 1.98. The molecule has 0 heterocycles. The third-order valence-corrected chi connectivity index (χ3v) is 2.95. The van der Waals surface area contributed by atoms with Gasteiger partial charge in [-0.3, -0.25) is 0 Å². The van der Waals surface area contributed by atoms with Gasteiger partial charge in [-0.05, 0) is 43.0 Å². The van der Waals surface area contributed by atoms with Gasteiger partial charge in [0.05, 0.1) is 6.61 Å². The maximum absolute atomic E-state index is 13.1. The Hall–Kier alpha value is -0.930. The van der Waals surface area contributed by atoms with Crippen LogP contribution in [-0.4, -0.2) is 17.8 Å². The van der Waals surface area contributed by atoms with Crippen molar-refractivity contribution < 1.29 is 9.50 Å². The molecule has 1 aromatic rings. The predicted octanol–water partition coefficient (Wildman–Crippen LogP) is 1.78. The maximum Gasteiger partial charge on any atom is 0.123 e. The minimum atomic E-state index is -0.181. The lowest BCUT2D eigenvalue weighted by Crippen LogP contribution is -2.32. The van der Waals surface area contributed by atoms with Gasteiger partial charge in [-0.1, -0.05) is 6.07 Å². The van der Waals surface area contributed by atoms with Crippen LogP contribution >= 0.6 is 0 Å². The fourth-order valence-electron chi connectivity index (χ4n) is 2.14. The summed E-state index contributed by atoms with van der Waals surface area (Å²) in [6, 6.07) is 5.22. The zero-order valence-corrected chi connectivity index (χ0v) is 8.83. The summed E-state index contributed by atoms with van der Waals surface area (Å²) in [4.78, 5) is 0. The molecule has 0 bridgehead atoms. The van der Waals surface area contributed by atoms with Crippen molar-refractivity contribution in [3.63, 3.8) is 0 Å². The molecule has 15 heavy (non-hydrogen) atoms. The Morgan fingerprint density at radius 1 is 1.60 bits per heavy atom. The molecule has 0 spiro atoms. The first-order valence-electron chi connectivity index (χ1n) is 5.36. The van der Waals surface area contributed by atoms with E-state index in [0.717, 1.165) is 18.4 Å². The molecule has 0 fully saturated rings. The normalized spacial score (nSPS) is 21.4. The molecular weight excluding hydrogens is 193 g/mol. The van der Waals surface area contributed by atoms with Crippen LogP contribution in [0.1, 0.15) is 30.5 Å². The highest BCUT2D eigenvalue weighted by atomic mass is 19.1. The van der Waals surface area contributed by atoms with E-state index in [1.54, 1.807) is 6.07 Å². The second-order valence-corrected chi connectivity index (χ2v) is 4.18. The fourth-order valence-corrected chi connectivity index (χ4v) is 2.14. The van der Waals surface area contributed by atoms with Gasteiger partial charge in [0.25, 0.3) is 0 Å². The van der Waals surface area contributed by atoms with Crippen LogP contribution in [0.2, 0.25) is 0 Å². The second-order valence-electron chi connectivity index (χ2n) is 4.18. The Labute approximate surface area is 89.1 Å². The summed E-state index contributed by atoms with van der Waals surface area (Å²) in [6.45, 7) is 2.04. The molecule has 2 atom stereocenters. The first kappa shape index (κ1) is 10.6. The van der Waals surface area contributed by atoms with E-state index in [4.69, 9.17) is 5.11 Å². The van der Waals surface area contributed by atoms with E-state index in [0.29, 0.717) is 0 Å². The first-order chi connectivity index (χ1) is 7.20. The van der Waals surface area contributed by atoms with E-state index in [2.05, 4.69) is 5.32 Å². The van der Waals surface area contributed by atoms with Gasteiger partial charge in [-0.25, -0.2) is 4.39 Å². The highest BCUT2D eigenvalue weighted by molar-refractivity contribution is 5.35. The summed E-state index contributed by atoms with van der Waals surface area (Å²) in [7, 11) is 0. The molecule has 1 aliphatic rings. The number of benzene rings is 1. The largest absolute Gasteiger partial charge is 0.395 e. The highest BCUT2D eigenvalue weighted by Crippen LogP contribution is 2.31. The van der Waals surface area contributed by atoms with Crippen LogP contribution in [-0.2, 0) is 6.42 Å². The zero-order chi connectivity index (χ0) is 10.8. The standard InChI is InChI=1S/C12H16FNO/c1-8(7-15)14-12-5-3-9-2-4-10(13)6-11(9)12/h2,4,6,8,12,14-15H,3,5,7H2,1H3. The van der Waals surface area contributed by atoms with Crippen LogP contribution in [0.3, 0.4) is 0 Å². The highest BCUT2D eigenvalue weighted by Gasteiger charge is 2.23. The number of aliphatic hydroxyl groups is 1. The van der Waals surface area contributed by atoms with Crippen LogP contribution in [0, 0.1) is 5.82 Å². The van der Waals surface area contributed by atoms with Crippen LogP contribution in [0.15, 0.2) is 18.2 Å². The van der Waals surface area contributed by atoms with Gasteiger partial charge in [-0.15, -0.1) is 0 Å².